The minimum absolute atomic E-state index is 0.535. The van der Waals surface area contributed by atoms with Crippen molar-refractivity contribution in [3.63, 3.8) is 0 Å². The van der Waals surface area contributed by atoms with Crippen molar-refractivity contribution in [2.75, 3.05) is 0 Å². The van der Waals surface area contributed by atoms with Gasteiger partial charge in [0, 0.05) is 33.2 Å². The molecule has 0 unspecified atom stereocenters. The van der Waals surface area contributed by atoms with Gasteiger partial charge in [-0.15, -0.1) is 0 Å². The van der Waals surface area contributed by atoms with E-state index in [2.05, 4.69) is 71.3 Å². The summed E-state index contributed by atoms with van der Waals surface area (Å²) in [7, 11) is 0. The Bertz CT molecular complexity index is 2200. The molecule has 198 valence electrons. The summed E-state index contributed by atoms with van der Waals surface area (Å²) < 4.78 is 2.28. The van der Waals surface area contributed by atoms with Gasteiger partial charge in [0.15, 0.2) is 17.5 Å². The zero-order valence-corrected chi connectivity index (χ0v) is 23.2. The molecule has 2 heterocycles. The van der Waals surface area contributed by atoms with Crippen molar-refractivity contribution in [3.8, 4) is 39.9 Å². The van der Waals surface area contributed by atoms with E-state index in [1.54, 1.807) is 0 Å². The summed E-state index contributed by atoms with van der Waals surface area (Å²) in [6.45, 7) is 0. The summed E-state index contributed by atoms with van der Waals surface area (Å²) in [5.74, 6) is 1.75. The Morgan fingerprint density at radius 3 is 1.69 bits per heavy atom. The number of benzene rings is 6. The molecule has 0 radical (unpaired) electrons. The Labute approximate surface area is 247 Å². The molecule has 8 rings (SSSR count). The number of fused-ring (bicyclic) bond motifs is 4. The second kappa shape index (κ2) is 9.95. The lowest BCUT2D eigenvalue weighted by Gasteiger charge is -2.12. The van der Waals surface area contributed by atoms with E-state index in [1.165, 1.54) is 21.5 Å². The van der Waals surface area contributed by atoms with Crippen molar-refractivity contribution < 1.29 is 0 Å². The lowest BCUT2D eigenvalue weighted by Crippen LogP contribution is -2.01. The third-order valence-electron chi connectivity index (χ3n) is 7.69. The summed E-state index contributed by atoms with van der Waals surface area (Å²) in [6, 6.07) is 47.6. The molecular weight excluding hydrogens is 536 g/mol. The van der Waals surface area contributed by atoms with Gasteiger partial charge >= 0.3 is 0 Å². The second-order valence-electron chi connectivity index (χ2n) is 10.3. The molecule has 0 bridgehead atoms. The van der Waals surface area contributed by atoms with Crippen LogP contribution in [0.1, 0.15) is 0 Å². The third kappa shape index (κ3) is 4.12. The zero-order valence-electron chi connectivity index (χ0n) is 22.4. The molecule has 0 spiro atoms. The molecular formula is C37H23ClN4. The topological polar surface area (TPSA) is 43.6 Å². The Morgan fingerprint density at radius 2 is 1.02 bits per heavy atom. The monoisotopic (exact) mass is 558 g/mol. The fraction of sp³-hybridized carbons (Fsp3) is 0. The lowest BCUT2D eigenvalue weighted by molar-refractivity contribution is 1.07. The highest BCUT2D eigenvalue weighted by Gasteiger charge is 2.17. The van der Waals surface area contributed by atoms with Crippen LogP contribution in [0.5, 0.6) is 0 Å². The molecule has 0 fully saturated rings. The van der Waals surface area contributed by atoms with Crippen LogP contribution >= 0.6 is 11.6 Å². The van der Waals surface area contributed by atoms with Crippen LogP contribution < -0.4 is 0 Å². The number of hydrogen-bond acceptors (Lipinski definition) is 3. The first-order chi connectivity index (χ1) is 20.7. The smallest absolute Gasteiger partial charge is 0.165 e. The standard InChI is InChI=1S/C37H23ClN4/c38-32-23-28(42-33-18-10-9-17-29(33)31-21-26-15-7-8-16-27(26)22-34(31)42)19-20-30(32)37-40-35(24-11-3-1-4-12-24)39-36(41-37)25-13-5-2-6-14-25/h1-23H. The van der Waals surface area contributed by atoms with Crippen LogP contribution in [0, 0.1) is 0 Å². The van der Waals surface area contributed by atoms with Crippen molar-refractivity contribution in [1.29, 1.82) is 0 Å². The van der Waals surface area contributed by atoms with Gasteiger partial charge in [-0.2, -0.15) is 0 Å². The number of halogens is 1. The van der Waals surface area contributed by atoms with Gasteiger partial charge in [-0.1, -0.05) is 115 Å². The van der Waals surface area contributed by atoms with Gasteiger partial charge in [-0.3, -0.25) is 0 Å². The van der Waals surface area contributed by atoms with Crippen LogP contribution in [0.15, 0.2) is 140 Å². The van der Waals surface area contributed by atoms with Gasteiger partial charge < -0.3 is 4.57 Å². The second-order valence-corrected chi connectivity index (χ2v) is 10.7. The minimum atomic E-state index is 0.535. The number of para-hydroxylation sites is 1. The van der Waals surface area contributed by atoms with E-state index in [0.29, 0.717) is 22.5 Å². The molecule has 2 aromatic heterocycles. The fourth-order valence-corrected chi connectivity index (χ4v) is 5.95. The molecule has 8 aromatic rings. The maximum atomic E-state index is 7.06. The summed E-state index contributed by atoms with van der Waals surface area (Å²) in [5.41, 5.74) is 5.84. The van der Waals surface area contributed by atoms with E-state index in [0.717, 1.165) is 33.4 Å². The maximum Gasteiger partial charge on any atom is 0.165 e. The summed E-state index contributed by atoms with van der Waals surface area (Å²) in [4.78, 5) is 14.6. The Kier molecular flexibility index (Phi) is 5.80. The highest BCUT2D eigenvalue weighted by molar-refractivity contribution is 6.33. The summed E-state index contributed by atoms with van der Waals surface area (Å²) in [6.07, 6.45) is 0. The Hall–Kier alpha value is -5.32. The first-order valence-electron chi connectivity index (χ1n) is 13.8. The molecule has 0 saturated heterocycles. The first kappa shape index (κ1) is 24.5. The fourth-order valence-electron chi connectivity index (χ4n) is 5.69. The average Bonchev–Trinajstić information content (AvgIpc) is 3.37. The molecule has 6 aromatic carbocycles. The predicted octanol–water partition coefficient (Wildman–Crippen LogP) is 9.78. The highest BCUT2D eigenvalue weighted by Crippen LogP contribution is 2.37. The molecule has 0 aliphatic rings. The van der Waals surface area contributed by atoms with Crippen molar-refractivity contribution >= 4 is 44.2 Å². The molecule has 5 heteroatoms. The average molecular weight is 559 g/mol. The van der Waals surface area contributed by atoms with Gasteiger partial charge in [0.05, 0.1) is 16.1 Å². The van der Waals surface area contributed by atoms with Crippen molar-refractivity contribution in [1.82, 2.24) is 19.5 Å². The Morgan fingerprint density at radius 1 is 0.452 bits per heavy atom. The third-order valence-corrected chi connectivity index (χ3v) is 8.00. The van der Waals surface area contributed by atoms with Crippen LogP contribution in [0.2, 0.25) is 5.02 Å². The summed E-state index contributed by atoms with van der Waals surface area (Å²) in [5, 5.41) is 5.41. The van der Waals surface area contributed by atoms with Crippen molar-refractivity contribution in [2.45, 2.75) is 0 Å². The zero-order chi connectivity index (χ0) is 28.0. The van der Waals surface area contributed by atoms with E-state index in [4.69, 9.17) is 26.6 Å². The molecule has 0 amide bonds. The van der Waals surface area contributed by atoms with Gasteiger partial charge in [0.2, 0.25) is 0 Å². The quantitative estimate of drug-likeness (QED) is 0.216. The molecule has 0 N–H and O–H groups in total. The first-order valence-corrected chi connectivity index (χ1v) is 14.2. The number of nitrogens with zero attached hydrogens (tertiary/aromatic N) is 4. The number of aromatic nitrogens is 4. The Balaban J connectivity index is 1.31. The molecule has 0 atom stereocenters. The predicted molar refractivity (Wildman–Crippen MR) is 173 cm³/mol. The van der Waals surface area contributed by atoms with E-state index in [-0.39, 0.29) is 0 Å². The van der Waals surface area contributed by atoms with Crippen molar-refractivity contribution in [3.05, 3.63) is 145 Å². The molecule has 0 saturated carbocycles. The molecule has 0 aliphatic carbocycles. The van der Waals surface area contributed by atoms with Crippen LogP contribution in [0.25, 0.3) is 72.4 Å². The van der Waals surface area contributed by atoms with Gasteiger partial charge in [0.25, 0.3) is 0 Å². The number of hydrogen-bond donors (Lipinski definition) is 0. The maximum absolute atomic E-state index is 7.06. The largest absolute Gasteiger partial charge is 0.309 e. The molecule has 42 heavy (non-hydrogen) atoms. The normalized spacial score (nSPS) is 11.5. The van der Waals surface area contributed by atoms with Crippen LogP contribution in [-0.2, 0) is 0 Å². The van der Waals surface area contributed by atoms with Gasteiger partial charge in [-0.05, 0) is 47.2 Å². The molecule has 0 aliphatic heterocycles. The lowest BCUT2D eigenvalue weighted by atomic mass is 10.1. The van der Waals surface area contributed by atoms with E-state index >= 15 is 0 Å². The highest BCUT2D eigenvalue weighted by atomic mass is 35.5. The minimum Gasteiger partial charge on any atom is -0.309 e. The van der Waals surface area contributed by atoms with Crippen LogP contribution in [0.4, 0.5) is 0 Å². The summed E-state index contributed by atoms with van der Waals surface area (Å²) >= 11 is 7.06. The van der Waals surface area contributed by atoms with E-state index in [9.17, 15) is 0 Å². The van der Waals surface area contributed by atoms with Crippen LogP contribution in [-0.4, -0.2) is 19.5 Å². The van der Waals surface area contributed by atoms with Crippen LogP contribution in [0.3, 0.4) is 0 Å². The SMILES string of the molecule is Clc1cc(-n2c3ccccc3c3cc4ccccc4cc32)ccc1-c1nc(-c2ccccc2)nc(-c2ccccc2)n1. The van der Waals surface area contributed by atoms with Gasteiger partial charge in [-0.25, -0.2) is 15.0 Å². The number of rotatable bonds is 4. The van der Waals surface area contributed by atoms with E-state index < -0.39 is 0 Å². The van der Waals surface area contributed by atoms with Gasteiger partial charge in [0.1, 0.15) is 0 Å². The molecule has 4 nitrogen and oxygen atoms in total. The van der Waals surface area contributed by atoms with E-state index in [1.807, 2.05) is 72.8 Å². The van der Waals surface area contributed by atoms with Crippen molar-refractivity contribution in [2.24, 2.45) is 0 Å².